The van der Waals surface area contributed by atoms with Gasteiger partial charge in [-0.3, -0.25) is 14.4 Å². The van der Waals surface area contributed by atoms with E-state index >= 15 is 0 Å². The molecule has 1 fully saturated rings. The lowest BCUT2D eigenvalue weighted by atomic mass is 9.91. The fraction of sp³-hybridized carbons (Fsp3) is 0.267. The summed E-state index contributed by atoms with van der Waals surface area (Å²) in [6, 6.07) is 3.53. The van der Waals surface area contributed by atoms with Gasteiger partial charge in [0.25, 0.3) is 11.7 Å². The van der Waals surface area contributed by atoms with Gasteiger partial charge in [-0.25, -0.2) is 9.29 Å². The van der Waals surface area contributed by atoms with E-state index in [1.807, 2.05) is 0 Å². The Morgan fingerprint density at radius 2 is 1.87 bits per heavy atom. The van der Waals surface area contributed by atoms with Crippen molar-refractivity contribution in [3.05, 3.63) is 46.2 Å². The fourth-order valence-electron chi connectivity index (χ4n) is 2.55. The van der Waals surface area contributed by atoms with E-state index in [0.29, 0.717) is 4.90 Å². The third-order valence-corrected chi connectivity index (χ3v) is 4.17. The van der Waals surface area contributed by atoms with E-state index in [9.17, 15) is 23.9 Å². The van der Waals surface area contributed by atoms with E-state index in [-0.39, 0.29) is 23.4 Å². The van der Waals surface area contributed by atoms with Crippen LogP contribution in [0.4, 0.5) is 4.39 Å². The number of amides is 2. The smallest absolute Gasteiger partial charge is 0.252 e. The molecule has 1 saturated heterocycles. The quantitative estimate of drug-likeness (QED) is 0.835. The normalized spacial score (nSPS) is 24.7. The van der Waals surface area contributed by atoms with Crippen molar-refractivity contribution in [1.82, 2.24) is 4.90 Å². The first-order valence-corrected chi connectivity index (χ1v) is 7.12. The highest BCUT2D eigenvalue weighted by molar-refractivity contribution is 6.30. The molecule has 2 aliphatic heterocycles. The second-order valence-corrected chi connectivity index (χ2v) is 5.78. The second-order valence-electron chi connectivity index (χ2n) is 5.37. The van der Waals surface area contributed by atoms with Crippen LogP contribution in [0.1, 0.15) is 25.3 Å². The molecule has 0 aromatic heterocycles. The SMILES string of the molecule is CC1(c2ccc(F)c(Cl)c2)OC(N2C(=O)CCC2=O)=C(O)C1=O. The first kappa shape index (κ1) is 15.5. The van der Waals surface area contributed by atoms with Crippen LogP contribution in [0.3, 0.4) is 0 Å². The summed E-state index contributed by atoms with van der Waals surface area (Å²) in [5, 5.41) is 9.81. The average molecular weight is 340 g/mol. The number of nitrogens with zero attached hydrogens (tertiary/aromatic N) is 1. The number of hydrogen-bond donors (Lipinski definition) is 1. The largest absolute Gasteiger partial charge is 0.501 e. The molecule has 0 spiro atoms. The Labute approximate surface area is 135 Å². The Morgan fingerprint density at radius 1 is 1.26 bits per heavy atom. The third-order valence-electron chi connectivity index (χ3n) is 3.88. The van der Waals surface area contributed by atoms with E-state index in [1.54, 1.807) is 0 Å². The van der Waals surface area contributed by atoms with Crippen LogP contribution >= 0.6 is 11.6 Å². The Hall–Kier alpha value is -2.41. The van der Waals surface area contributed by atoms with Crippen LogP contribution in [0, 0.1) is 5.82 Å². The molecule has 8 heteroatoms. The summed E-state index contributed by atoms with van der Waals surface area (Å²) >= 11 is 5.71. The molecule has 2 heterocycles. The predicted octanol–water partition coefficient (Wildman–Crippen LogP) is 2.17. The van der Waals surface area contributed by atoms with E-state index in [0.717, 1.165) is 6.07 Å². The second kappa shape index (κ2) is 5.06. The van der Waals surface area contributed by atoms with Crippen LogP contribution in [-0.4, -0.2) is 27.6 Å². The molecule has 23 heavy (non-hydrogen) atoms. The first-order chi connectivity index (χ1) is 10.8. The third kappa shape index (κ3) is 2.19. The van der Waals surface area contributed by atoms with Gasteiger partial charge in [0.15, 0.2) is 5.60 Å². The van der Waals surface area contributed by atoms with Gasteiger partial charge in [0.05, 0.1) is 5.02 Å². The van der Waals surface area contributed by atoms with Gasteiger partial charge in [0, 0.05) is 18.4 Å². The van der Waals surface area contributed by atoms with Crippen LogP contribution in [-0.2, 0) is 24.7 Å². The zero-order valence-electron chi connectivity index (χ0n) is 11.9. The molecule has 120 valence electrons. The van der Waals surface area contributed by atoms with Gasteiger partial charge >= 0.3 is 0 Å². The van der Waals surface area contributed by atoms with Gasteiger partial charge in [0.2, 0.25) is 17.6 Å². The Kier molecular flexibility index (Phi) is 3.40. The van der Waals surface area contributed by atoms with Crippen LogP contribution in [0.15, 0.2) is 29.8 Å². The number of rotatable bonds is 2. The van der Waals surface area contributed by atoms with Crippen molar-refractivity contribution >= 4 is 29.2 Å². The first-order valence-electron chi connectivity index (χ1n) is 6.74. The monoisotopic (exact) mass is 339 g/mol. The van der Waals surface area contributed by atoms with Gasteiger partial charge in [-0.2, -0.15) is 0 Å². The van der Waals surface area contributed by atoms with Crippen molar-refractivity contribution in [2.24, 2.45) is 0 Å². The number of imide groups is 1. The number of benzene rings is 1. The number of halogens is 2. The summed E-state index contributed by atoms with van der Waals surface area (Å²) in [5.74, 6) is -3.96. The van der Waals surface area contributed by atoms with Crippen molar-refractivity contribution in [3.63, 3.8) is 0 Å². The van der Waals surface area contributed by atoms with Gasteiger partial charge in [-0.1, -0.05) is 17.7 Å². The topological polar surface area (TPSA) is 83.9 Å². The highest BCUT2D eigenvalue weighted by atomic mass is 35.5. The molecule has 1 aromatic carbocycles. The maximum atomic E-state index is 13.3. The van der Waals surface area contributed by atoms with Crippen molar-refractivity contribution in [1.29, 1.82) is 0 Å². The molecule has 1 atom stereocenters. The number of carbonyl (C=O) groups excluding carboxylic acids is 3. The van der Waals surface area contributed by atoms with Crippen LogP contribution in [0.25, 0.3) is 0 Å². The standard InChI is InChI=1S/C15H11ClFNO5/c1-15(7-2-3-9(17)8(16)6-7)13(22)12(21)14(23-15)18-10(19)4-5-11(18)20/h2-3,6,21H,4-5H2,1H3. The van der Waals surface area contributed by atoms with E-state index < -0.39 is 40.7 Å². The van der Waals surface area contributed by atoms with Crippen molar-refractivity contribution < 1.29 is 28.6 Å². The maximum absolute atomic E-state index is 13.3. The number of hydrogen-bond acceptors (Lipinski definition) is 5. The predicted molar refractivity (Wildman–Crippen MR) is 75.6 cm³/mol. The highest BCUT2D eigenvalue weighted by Crippen LogP contribution is 2.41. The van der Waals surface area contributed by atoms with E-state index in [4.69, 9.17) is 16.3 Å². The van der Waals surface area contributed by atoms with Crippen molar-refractivity contribution in [2.45, 2.75) is 25.4 Å². The zero-order chi connectivity index (χ0) is 16.9. The number of carbonyl (C=O) groups is 3. The van der Waals surface area contributed by atoms with Gasteiger partial charge < -0.3 is 9.84 Å². The Morgan fingerprint density at radius 3 is 2.43 bits per heavy atom. The molecule has 0 aliphatic carbocycles. The molecule has 0 bridgehead atoms. The maximum Gasteiger partial charge on any atom is 0.252 e. The number of likely N-dealkylation sites (tertiary alicyclic amines) is 1. The average Bonchev–Trinajstić information content (AvgIpc) is 2.95. The fourth-order valence-corrected chi connectivity index (χ4v) is 2.73. The number of aliphatic hydroxyl groups is 1. The van der Waals surface area contributed by atoms with Crippen molar-refractivity contribution in [3.8, 4) is 0 Å². The lowest BCUT2D eigenvalue weighted by molar-refractivity contribution is -0.144. The Bertz CT molecular complexity index is 774. The summed E-state index contributed by atoms with van der Waals surface area (Å²) in [4.78, 5) is 36.6. The van der Waals surface area contributed by atoms with Gasteiger partial charge in [0.1, 0.15) is 5.82 Å². The Balaban J connectivity index is 2.02. The number of aliphatic hydroxyl groups excluding tert-OH is 1. The molecular weight excluding hydrogens is 329 g/mol. The summed E-state index contributed by atoms with van der Waals surface area (Å²) < 4.78 is 18.8. The van der Waals surface area contributed by atoms with Gasteiger partial charge in [-0.15, -0.1) is 0 Å². The molecule has 1 unspecified atom stereocenters. The molecular formula is C15H11ClFNO5. The lowest BCUT2D eigenvalue weighted by Crippen LogP contribution is -2.33. The molecule has 0 saturated carbocycles. The molecule has 6 nitrogen and oxygen atoms in total. The number of Topliss-reactive ketones (excluding diaryl/α,β-unsaturated/α-hetero) is 1. The molecule has 2 amide bonds. The van der Waals surface area contributed by atoms with Gasteiger partial charge in [-0.05, 0) is 19.1 Å². The van der Waals surface area contributed by atoms with Crippen LogP contribution in [0.2, 0.25) is 5.02 Å². The molecule has 0 radical (unpaired) electrons. The highest BCUT2D eigenvalue weighted by Gasteiger charge is 2.52. The van der Waals surface area contributed by atoms with Crippen LogP contribution < -0.4 is 0 Å². The summed E-state index contributed by atoms with van der Waals surface area (Å²) in [6.07, 6.45) is -0.0431. The lowest BCUT2D eigenvalue weighted by Gasteiger charge is -2.25. The molecule has 2 aliphatic rings. The minimum atomic E-state index is -1.71. The van der Waals surface area contributed by atoms with E-state index in [2.05, 4.69) is 0 Å². The zero-order valence-corrected chi connectivity index (χ0v) is 12.7. The number of ether oxygens (including phenoxy) is 1. The summed E-state index contributed by atoms with van der Waals surface area (Å²) in [7, 11) is 0. The molecule has 3 rings (SSSR count). The minimum Gasteiger partial charge on any atom is -0.501 e. The summed E-state index contributed by atoms with van der Waals surface area (Å²) in [5.41, 5.74) is -1.52. The summed E-state index contributed by atoms with van der Waals surface area (Å²) in [6.45, 7) is 1.34. The van der Waals surface area contributed by atoms with Crippen molar-refractivity contribution in [2.75, 3.05) is 0 Å². The molecule has 1 aromatic rings. The van der Waals surface area contributed by atoms with E-state index in [1.165, 1.54) is 19.1 Å². The number of ketones is 1. The minimum absolute atomic E-state index is 0.0216. The van der Waals surface area contributed by atoms with Crippen LogP contribution in [0.5, 0.6) is 0 Å². The molecule has 1 N–H and O–H groups in total.